The molecule has 0 bridgehead atoms. The van der Waals surface area contributed by atoms with E-state index in [1.807, 2.05) is 26.0 Å². The van der Waals surface area contributed by atoms with E-state index in [0.29, 0.717) is 29.2 Å². The second-order valence-electron chi connectivity index (χ2n) is 5.84. The average molecular weight is 372 g/mol. The van der Waals surface area contributed by atoms with Gasteiger partial charge in [-0.25, -0.2) is 0 Å². The SMILES string of the molecule is CC[C@@H](Oc1ccc(C)cc1)C(=O)NNC(=O)c1ccc(OC)c(OC)c1. The van der Waals surface area contributed by atoms with Gasteiger partial charge in [-0.3, -0.25) is 20.4 Å². The van der Waals surface area contributed by atoms with Crippen molar-refractivity contribution < 1.29 is 23.8 Å². The number of carbonyl (C=O) groups excluding carboxylic acids is 2. The van der Waals surface area contributed by atoms with Crippen LogP contribution >= 0.6 is 0 Å². The summed E-state index contributed by atoms with van der Waals surface area (Å²) in [6.45, 7) is 3.80. The number of amides is 2. The number of methoxy groups -OCH3 is 2. The molecule has 1 atom stereocenters. The Morgan fingerprint density at radius 3 is 2.22 bits per heavy atom. The number of aryl methyl sites for hydroxylation is 1. The molecule has 7 nitrogen and oxygen atoms in total. The van der Waals surface area contributed by atoms with E-state index in [-0.39, 0.29) is 0 Å². The van der Waals surface area contributed by atoms with E-state index in [2.05, 4.69) is 10.9 Å². The van der Waals surface area contributed by atoms with Crippen molar-refractivity contribution in [3.05, 3.63) is 53.6 Å². The minimum Gasteiger partial charge on any atom is -0.493 e. The van der Waals surface area contributed by atoms with E-state index in [0.717, 1.165) is 5.56 Å². The van der Waals surface area contributed by atoms with Gasteiger partial charge in [-0.2, -0.15) is 0 Å². The maximum absolute atomic E-state index is 12.3. The molecule has 2 N–H and O–H groups in total. The molecule has 2 amide bonds. The number of nitrogens with one attached hydrogen (secondary N) is 2. The zero-order valence-corrected chi connectivity index (χ0v) is 15.9. The van der Waals surface area contributed by atoms with Gasteiger partial charge in [0.25, 0.3) is 11.8 Å². The summed E-state index contributed by atoms with van der Waals surface area (Å²) in [6.07, 6.45) is -0.273. The van der Waals surface area contributed by atoms with Gasteiger partial charge in [-0.15, -0.1) is 0 Å². The fourth-order valence-electron chi connectivity index (χ4n) is 2.35. The summed E-state index contributed by atoms with van der Waals surface area (Å²) in [5.74, 6) is 0.608. The lowest BCUT2D eigenvalue weighted by atomic mass is 10.2. The first-order valence-corrected chi connectivity index (χ1v) is 8.54. The number of hydrogen-bond donors (Lipinski definition) is 2. The van der Waals surface area contributed by atoms with Gasteiger partial charge in [-0.1, -0.05) is 24.6 Å². The third kappa shape index (κ3) is 5.37. The van der Waals surface area contributed by atoms with Crippen LogP contribution in [0, 0.1) is 6.92 Å². The highest BCUT2D eigenvalue weighted by Crippen LogP contribution is 2.27. The predicted molar refractivity (Wildman–Crippen MR) is 101 cm³/mol. The molecule has 0 saturated heterocycles. The Morgan fingerprint density at radius 1 is 0.963 bits per heavy atom. The lowest BCUT2D eigenvalue weighted by Gasteiger charge is -2.18. The van der Waals surface area contributed by atoms with Gasteiger partial charge in [0.1, 0.15) is 5.75 Å². The van der Waals surface area contributed by atoms with Crippen molar-refractivity contribution in [3.8, 4) is 17.2 Å². The molecule has 0 heterocycles. The fraction of sp³-hybridized carbons (Fsp3) is 0.300. The minimum absolute atomic E-state index is 0.320. The number of hydrazine groups is 1. The molecule has 0 aliphatic carbocycles. The van der Waals surface area contributed by atoms with Gasteiger partial charge < -0.3 is 14.2 Å². The summed E-state index contributed by atoms with van der Waals surface area (Å²) in [5.41, 5.74) is 6.20. The summed E-state index contributed by atoms with van der Waals surface area (Å²) in [6, 6.07) is 12.1. The number of rotatable bonds is 7. The summed E-state index contributed by atoms with van der Waals surface area (Å²) in [7, 11) is 2.99. The van der Waals surface area contributed by atoms with Crippen LogP contribution in [0.1, 0.15) is 29.3 Å². The number of carbonyl (C=O) groups is 2. The highest BCUT2D eigenvalue weighted by molar-refractivity contribution is 5.96. The largest absolute Gasteiger partial charge is 0.493 e. The second kappa shape index (κ2) is 9.47. The van der Waals surface area contributed by atoms with E-state index in [1.165, 1.54) is 20.3 Å². The molecule has 144 valence electrons. The Balaban J connectivity index is 1.96. The molecule has 2 rings (SSSR count). The van der Waals surface area contributed by atoms with Crippen LogP contribution in [-0.4, -0.2) is 32.1 Å². The molecule has 2 aromatic carbocycles. The number of ether oxygens (including phenoxy) is 3. The third-order valence-corrected chi connectivity index (χ3v) is 3.91. The van der Waals surface area contributed by atoms with Crippen molar-refractivity contribution >= 4 is 11.8 Å². The summed E-state index contributed by atoms with van der Waals surface area (Å²) in [5, 5.41) is 0. The van der Waals surface area contributed by atoms with Crippen molar-refractivity contribution in [2.24, 2.45) is 0 Å². The molecule has 0 unspecified atom stereocenters. The van der Waals surface area contributed by atoms with Crippen LogP contribution in [0.4, 0.5) is 0 Å². The Morgan fingerprint density at radius 2 is 1.63 bits per heavy atom. The smallest absolute Gasteiger partial charge is 0.279 e. The van der Waals surface area contributed by atoms with Crippen LogP contribution in [0.5, 0.6) is 17.2 Å². The standard InChI is InChI=1S/C20H24N2O5/c1-5-16(27-15-9-6-13(2)7-10-15)20(24)22-21-19(23)14-8-11-17(25-3)18(12-14)26-4/h6-12,16H,5H2,1-4H3,(H,21,23)(H,22,24)/t16-/m1/s1. The quantitative estimate of drug-likeness (QED) is 0.730. The Bertz CT molecular complexity index is 789. The molecule has 2 aromatic rings. The molecule has 0 aliphatic heterocycles. The van der Waals surface area contributed by atoms with Gasteiger partial charge in [0.05, 0.1) is 14.2 Å². The monoisotopic (exact) mass is 372 g/mol. The lowest BCUT2D eigenvalue weighted by Crippen LogP contribution is -2.47. The van der Waals surface area contributed by atoms with Gasteiger partial charge in [0, 0.05) is 5.56 Å². The average Bonchev–Trinajstić information content (AvgIpc) is 2.70. The van der Waals surface area contributed by atoms with E-state index in [1.54, 1.807) is 24.3 Å². The first kappa shape index (κ1) is 20.1. The maximum atomic E-state index is 12.3. The van der Waals surface area contributed by atoms with Crippen molar-refractivity contribution in [1.29, 1.82) is 0 Å². The third-order valence-electron chi connectivity index (χ3n) is 3.91. The number of benzene rings is 2. The summed E-state index contributed by atoms with van der Waals surface area (Å²) >= 11 is 0. The summed E-state index contributed by atoms with van der Waals surface area (Å²) < 4.78 is 16.0. The van der Waals surface area contributed by atoms with E-state index >= 15 is 0 Å². The molecular weight excluding hydrogens is 348 g/mol. The van der Waals surface area contributed by atoms with Gasteiger partial charge in [-0.05, 0) is 43.7 Å². The molecule has 27 heavy (non-hydrogen) atoms. The highest BCUT2D eigenvalue weighted by Gasteiger charge is 2.19. The zero-order chi connectivity index (χ0) is 19.8. The van der Waals surface area contributed by atoms with Crippen LogP contribution in [0.15, 0.2) is 42.5 Å². The first-order chi connectivity index (χ1) is 13.0. The molecule has 0 aliphatic rings. The first-order valence-electron chi connectivity index (χ1n) is 8.54. The predicted octanol–water partition coefficient (Wildman–Crippen LogP) is 2.63. The Kier molecular flexibility index (Phi) is 7.05. The van der Waals surface area contributed by atoms with Gasteiger partial charge in [0.15, 0.2) is 17.6 Å². The van der Waals surface area contributed by atoms with E-state index in [9.17, 15) is 9.59 Å². The normalized spacial score (nSPS) is 11.3. The topological polar surface area (TPSA) is 85.9 Å². The molecule has 0 aromatic heterocycles. The van der Waals surface area contributed by atoms with Crippen LogP contribution in [0.3, 0.4) is 0 Å². The zero-order valence-electron chi connectivity index (χ0n) is 15.9. The van der Waals surface area contributed by atoms with Crippen molar-refractivity contribution in [3.63, 3.8) is 0 Å². The van der Waals surface area contributed by atoms with Crippen LogP contribution in [0.2, 0.25) is 0 Å². The second-order valence-corrected chi connectivity index (χ2v) is 5.84. The molecule has 0 spiro atoms. The van der Waals surface area contributed by atoms with E-state index < -0.39 is 17.9 Å². The van der Waals surface area contributed by atoms with E-state index in [4.69, 9.17) is 14.2 Å². The summed E-state index contributed by atoms with van der Waals surface area (Å²) in [4.78, 5) is 24.6. The highest BCUT2D eigenvalue weighted by atomic mass is 16.5. The van der Waals surface area contributed by atoms with Crippen LogP contribution in [0.25, 0.3) is 0 Å². The molecule has 0 saturated carbocycles. The van der Waals surface area contributed by atoms with Crippen molar-refractivity contribution in [2.75, 3.05) is 14.2 Å². The minimum atomic E-state index is -0.724. The van der Waals surface area contributed by atoms with Crippen molar-refractivity contribution in [2.45, 2.75) is 26.4 Å². The maximum Gasteiger partial charge on any atom is 0.279 e. The molecule has 7 heteroatoms. The molecular formula is C20H24N2O5. The Hall–Kier alpha value is -3.22. The van der Waals surface area contributed by atoms with Crippen LogP contribution < -0.4 is 25.1 Å². The van der Waals surface area contributed by atoms with Gasteiger partial charge >= 0.3 is 0 Å². The Labute approximate surface area is 158 Å². The lowest BCUT2D eigenvalue weighted by molar-refractivity contribution is -0.128. The fourth-order valence-corrected chi connectivity index (χ4v) is 2.35. The van der Waals surface area contributed by atoms with Gasteiger partial charge in [0.2, 0.25) is 0 Å². The molecule has 0 radical (unpaired) electrons. The molecule has 0 fully saturated rings. The van der Waals surface area contributed by atoms with Crippen LogP contribution in [-0.2, 0) is 4.79 Å². The van der Waals surface area contributed by atoms with Crippen molar-refractivity contribution in [1.82, 2.24) is 10.9 Å². The number of hydrogen-bond acceptors (Lipinski definition) is 5.